The summed E-state index contributed by atoms with van der Waals surface area (Å²) < 4.78 is 8.22. The molecule has 1 unspecified atom stereocenters. The van der Waals surface area contributed by atoms with E-state index >= 15 is 0 Å². The number of hydrogen-bond donors (Lipinski definition) is 0. The van der Waals surface area contributed by atoms with Gasteiger partial charge < -0.3 is 9.30 Å². The number of nitrogens with zero attached hydrogens (tertiary/aromatic N) is 3. The summed E-state index contributed by atoms with van der Waals surface area (Å²) in [5.74, 6) is 0.835. The van der Waals surface area contributed by atoms with E-state index in [2.05, 4.69) is 35.5 Å². The van der Waals surface area contributed by atoms with Crippen LogP contribution in [0.4, 0.5) is 0 Å². The van der Waals surface area contributed by atoms with E-state index in [-0.39, 0.29) is 11.7 Å². The molecule has 104 valence electrons. The van der Waals surface area contributed by atoms with Gasteiger partial charge in [-0.3, -0.25) is 0 Å². The molecule has 0 amide bonds. The third-order valence-corrected chi connectivity index (χ3v) is 3.91. The number of aromatic nitrogens is 2. The summed E-state index contributed by atoms with van der Waals surface area (Å²) in [6.07, 6.45) is 2.69. The van der Waals surface area contributed by atoms with Crippen molar-refractivity contribution in [1.82, 2.24) is 9.55 Å². The summed E-state index contributed by atoms with van der Waals surface area (Å²) >= 11 is 0. The van der Waals surface area contributed by atoms with Gasteiger partial charge in [-0.1, -0.05) is 12.1 Å². The fourth-order valence-corrected chi connectivity index (χ4v) is 2.94. The Morgan fingerprint density at radius 3 is 2.95 bits per heavy atom. The lowest BCUT2D eigenvalue weighted by Gasteiger charge is -2.20. The quantitative estimate of drug-likeness (QED) is 0.860. The Morgan fingerprint density at radius 2 is 2.25 bits per heavy atom. The second-order valence-corrected chi connectivity index (χ2v) is 6.00. The summed E-state index contributed by atoms with van der Waals surface area (Å²) in [5.41, 5.74) is 2.01. The molecule has 1 atom stereocenters. The number of rotatable bonds is 3. The van der Waals surface area contributed by atoms with E-state index in [4.69, 9.17) is 10.00 Å². The van der Waals surface area contributed by atoms with Crippen molar-refractivity contribution in [3.8, 4) is 6.07 Å². The van der Waals surface area contributed by atoms with Gasteiger partial charge in [-0.25, -0.2) is 4.98 Å². The van der Waals surface area contributed by atoms with Crippen LogP contribution in [-0.4, -0.2) is 21.3 Å². The second kappa shape index (κ2) is 4.92. The Labute approximate surface area is 119 Å². The van der Waals surface area contributed by atoms with Crippen LogP contribution in [0, 0.1) is 11.3 Å². The van der Waals surface area contributed by atoms with Crippen LogP contribution in [-0.2, 0) is 17.7 Å². The van der Waals surface area contributed by atoms with Crippen LogP contribution in [0.2, 0.25) is 0 Å². The predicted molar refractivity (Wildman–Crippen MR) is 77.2 cm³/mol. The fourth-order valence-electron chi connectivity index (χ4n) is 2.94. The van der Waals surface area contributed by atoms with E-state index in [1.807, 2.05) is 18.2 Å². The first kappa shape index (κ1) is 13.1. The first-order chi connectivity index (χ1) is 9.59. The van der Waals surface area contributed by atoms with Crippen molar-refractivity contribution in [2.24, 2.45) is 0 Å². The summed E-state index contributed by atoms with van der Waals surface area (Å²) in [7, 11) is 0. The van der Waals surface area contributed by atoms with Crippen molar-refractivity contribution in [2.45, 2.75) is 51.4 Å². The molecule has 0 spiro atoms. The molecule has 1 aromatic carbocycles. The molecule has 1 aliphatic rings. The Hall–Kier alpha value is -1.86. The zero-order chi connectivity index (χ0) is 14.2. The number of ether oxygens (including phenoxy) is 1. The Kier molecular flexibility index (Phi) is 3.23. The molecule has 1 aliphatic heterocycles. The van der Waals surface area contributed by atoms with E-state index in [1.165, 1.54) is 0 Å². The van der Waals surface area contributed by atoms with E-state index in [9.17, 15) is 0 Å². The van der Waals surface area contributed by atoms with Crippen molar-refractivity contribution >= 4 is 11.0 Å². The zero-order valence-corrected chi connectivity index (χ0v) is 12.0. The molecule has 4 nitrogen and oxygen atoms in total. The Morgan fingerprint density at radius 1 is 1.45 bits per heavy atom. The predicted octanol–water partition coefficient (Wildman–Crippen LogP) is 3.06. The van der Waals surface area contributed by atoms with Crippen LogP contribution in [0.25, 0.3) is 11.0 Å². The average Bonchev–Trinajstić information content (AvgIpc) is 2.92. The Bertz CT molecular complexity index is 666. The van der Waals surface area contributed by atoms with E-state index < -0.39 is 0 Å². The lowest BCUT2D eigenvalue weighted by atomic mass is 10.1. The Balaban J connectivity index is 1.93. The molecule has 0 saturated carbocycles. The van der Waals surface area contributed by atoms with Crippen LogP contribution < -0.4 is 0 Å². The highest BCUT2D eigenvalue weighted by Crippen LogP contribution is 2.31. The third kappa shape index (κ3) is 2.41. The van der Waals surface area contributed by atoms with Crippen LogP contribution in [0.15, 0.2) is 24.3 Å². The van der Waals surface area contributed by atoms with Crippen LogP contribution in [0.5, 0.6) is 0 Å². The number of imidazole rings is 1. The van der Waals surface area contributed by atoms with Gasteiger partial charge in [0.25, 0.3) is 0 Å². The number of hydrogen-bond acceptors (Lipinski definition) is 3. The highest BCUT2D eigenvalue weighted by atomic mass is 16.5. The number of benzene rings is 1. The van der Waals surface area contributed by atoms with E-state index in [1.54, 1.807) is 0 Å². The highest BCUT2D eigenvalue weighted by molar-refractivity contribution is 5.76. The molecule has 0 radical (unpaired) electrons. The molecule has 20 heavy (non-hydrogen) atoms. The monoisotopic (exact) mass is 269 g/mol. The maximum absolute atomic E-state index is 8.98. The van der Waals surface area contributed by atoms with E-state index in [0.717, 1.165) is 36.2 Å². The minimum absolute atomic E-state index is 0.0313. The second-order valence-electron chi connectivity index (χ2n) is 6.00. The maximum atomic E-state index is 8.98. The minimum atomic E-state index is -0.0313. The molecule has 1 fully saturated rings. The summed E-state index contributed by atoms with van der Waals surface area (Å²) in [5, 5.41) is 8.98. The van der Waals surface area contributed by atoms with Crippen molar-refractivity contribution in [1.29, 1.82) is 5.26 Å². The molecular formula is C16H19N3O. The number of nitriles is 1. The van der Waals surface area contributed by atoms with Gasteiger partial charge >= 0.3 is 0 Å². The van der Waals surface area contributed by atoms with Gasteiger partial charge in [-0.2, -0.15) is 5.26 Å². The fraction of sp³-hybridized carbons (Fsp3) is 0.500. The maximum Gasteiger partial charge on any atom is 0.124 e. The van der Waals surface area contributed by atoms with Gasteiger partial charge in [0.1, 0.15) is 5.82 Å². The van der Waals surface area contributed by atoms with Gasteiger partial charge in [0, 0.05) is 0 Å². The molecular weight excluding hydrogens is 250 g/mol. The van der Waals surface area contributed by atoms with Gasteiger partial charge in [0.15, 0.2) is 0 Å². The van der Waals surface area contributed by atoms with Gasteiger partial charge in [0.2, 0.25) is 0 Å². The molecule has 1 aromatic heterocycles. The molecule has 1 saturated heterocycles. The number of para-hydroxylation sites is 2. The van der Waals surface area contributed by atoms with Gasteiger partial charge in [-0.15, -0.1) is 0 Å². The van der Waals surface area contributed by atoms with Crippen molar-refractivity contribution in [3.63, 3.8) is 0 Å². The van der Waals surface area contributed by atoms with Crippen molar-refractivity contribution in [3.05, 3.63) is 30.1 Å². The summed E-state index contributed by atoms with van der Waals surface area (Å²) in [4.78, 5) is 4.57. The minimum Gasteiger partial charge on any atom is -0.370 e. The third-order valence-electron chi connectivity index (χ3n) is 3.91. The molecule has 0 aliphatic carbocycles. The van der Waals surface area contributed by atoms with Crippen LogP contribution in [0.1, 0.15) is 32.5 Å². The van der Waals surface area contributed by atoms with Crippen molar-refractivity contribution in [2.75, 3.05) is 0 Å². The molecule has 0 N–H and O–H groups in total. The summed E-state index contributed by atoms with van der Waals surface area (Å²) in [6.45, 7) is 5.05. The molecule has 3 rings (SSSR count). The first-order valence-corrected chi connectivity index (χ1v) is 7.08. The molecule has 2 heterocycles. The van der Waals surface area contributed by atoms with Crippen LogP contribution in [0.3, 0.4) is 0 Å². The molecule has 2 aromatic rings. The normalized spacial score (nSPS) is 21.1. The van der Waals surface area contributed by atoms with E-state index in [0.29, 0.717) is 6.42 Å². The molecule has 0 bridgehead atoms. The number of fused-ring (bicyclic) bond motifs is 1. The lowest BCUT2D eigenvalue weighted by Crippen LogP contribution is -2.23. The average molecular weight is 269 g/mol. The topological polar surface area (TPSA) is 50.8 Å². The smallest absolute Gasteiger partial charge is 0.124 e. The van der Waals surface area contributed by atoms with Crippen LogP contribution >= 0.6 is 0 Å². The zero-order valence-electron chi connectivity index (χ0n) is 12.0. The first-order valence-electron chi connectivity index (χ1n) is 7.08. The SMILES string of the molecule is CC1(C)CCC(Cn2c(CC#N)nc3ccccc32)O1. The standard InChI is InChI=1S/C16H19N3O/c1-16(2)9-7-12(20-16)11-19-14-6-4-3-5-13(14)18-15(19)8-10-17/h3-6,12H,7-9,11H2,1-2H3. The summed E-state index contributed by atoms with van der Waals surface area (Å²) in [6, 6.07) is 10.2. The lowest BCUT2D eigenvalue weighted by molar-refractivity contribution is -0.0215. The van der Waals surface area contributed by atoms with Crippen molar-refractivity contribution < 1.29 is 4.74 Å². The highest BCUT2D eigenvalue weighted by Gasteiger charge is 2.32. The largest absolute Gasteiger partial charge is 0.370 e. The van der Waals surface area contributed by atoms with Gasteiger partial charge in [-0.05, 0) is 38.8 Å². The molecule has 4 heteroatoms. The van der Waals surface area contributed by atoms with Gasteiger partial charge in [0.05, 0.1) is 41.8 Å².